The van der Waals surface area contributed by atoms with Gasteiger partial charge in [-0.15, -0.1) is 0 Å². The average Bonchev–Trinajstić information content (AvgIpc) is 3.03. The third-order valence-electron chi connectivity index (χ3n) is 17.3. The molecule has 2 amide bonds. The number of ketones is 2. The van der Waals surface area contributed by atoms with Crippen LogP contribution in [0.4, 0.5) is 4.79 Å². The van der Waals surface area contributed by atoms with E-state index in [0.29, 0.717) is 68.1 Å². The summed E-state index contributed by atoms with van der Waals surface area (Å²) in [4.78, 5) is 72.2. The lowest BCUT2D eigenvalue weighted by Gasteiger charge is -2.42. The van der Waals surface area contributed by atoms with E-state index in [2.05, 4.69) is 11.9 Å². The van der Waals surface area contributed by atoms with E-state index in [-0.39, 0.29) is 68.9 Å². The van der Waals surface area contributed by atoms with Crippen molar-refractivity contribution in [2.45, 2.75) is 211 Å². The lowest BCUT2D eigenvalue weighted by Crippen LogP contribution is -2.61. The molecule has 4 fully saturated rings. The molecule has 0 aromatic heterocycles. The van der Waals surface area contributed by atoms with Gasteiger partial charge >= 0.3 is 12.1 Å². The molecule has 1 aliphatic carbocycles. The van der Waals surface area contributed by atoms with Crippen molar-refractivity contribution in [2.24, 2.45) is 35.5 Å². The molecule has 1 saturated carbocycles. The number of amides is 2. The van der Waals surface area contributed by atoms with Crippen LogP contribution in [-0.2, 0) is 57.1 Å². The zero-order valence-electron chi connectivity index (χ0n) is 52.4. The van der Waals surface area contributed by atoms with Crippen LogP contribution < -0.4 is 5.32 Å². The van der Waals surface area contributed by atoms with Gasteiger partial charge in [0.15, 0.2) is 6.29 Å². The highest BCUT2D eigenvalue weighted by Crippen LogP contribution is 2.38. The fraction of sp³-hybridized carbons (Fsp3) is 0.754. The highest BCUT2D eigenvalue weighted by Gasteiger charge is 2.53. The Kier molecular flexibility index (Phi) is 25.1. The minimum absolute atomic E-state index is 0.0216. The number of hydrogen-bond donors (Lipinski definition) is 7. The fourth-order valence-corrected chi connectivity index (χ4v) is 11.9. The van der Waals surface area contributed by atoms with Gasteiger partial charge in [-0.1, -0.05) is 77.7 Å². The predicted molar refractivity (Wildman–Crippen MR) is 301 cm³/mol. The Morgan fingerprint density at radius 2 is 1.65 bits per heavy atom. The molecule has 464 valence electrons. The molecule has 21 heteroatoms. The van der Waals surface area contributed by atoms with Crippen molar-refractivity contribution < 1.29 is 96.6 Å². The highest BCUT2D eigenvalue weighted by atomic mass is 16.7. The number of esters is 1. The average molecular weight is 1160 g/mol. The number of piperidine rings is 1. The normalized spacial score (nSPS) is 40.7. The Balaban J connectivity index is 1.38. The SMILES string of the molecule is [2H]C([2H])([2H])O[C@H]1CC2CC[C@@H](C)C(O)(O2)C(=O)C(=O)N2CCCC[C@H]2C(=O)OC([C@H](C)C[C@@H]2CC[C@@H](OC(=O)NCCOC3OC(CO)C(O)C(O)C3O)[C@H](OC)C2)CC(=O)[C@H](C)/C=C(\C)[C@@H](O)[C@@H](OC)C(=C)[C@H](C)C[C@H](C)/C=C/C=C/C=C/1C. The monoisotopic (exact) mass is 1160 g/mol. The molecule has 4 aliphatic heterocycles. The Labute approximate surface area is 488 Å². The molecular formula is C61H96N2O19. The lowest BCUT2D eigenvalue weighted by atomic mass is 9.78. The zero-order valence-corrected chi connectivity index (χ0v) is 49.4. The largest absolute Gasteiger partial charge is 0.460 e. The van der Waals surface area contributed by atoms with Gasteiger partial charge in [-0.2, -0.15) is 0 Å². The standard InChI is InChI=1S/C61H96N2O19/c1-34-17-13-12-14-18-35(2)47(75-9)31-43-22-20-40(7)61(74,82-43)56(70)57(71)63-25-16-15-19-44(63)58(72)79-48(32-45(65)37(4)28-39(6)51(66)55(77-11)41(8)36(3)27-34)38(5)29-42-21-23-46(49(30-42)76-10)81-60(73)62-24-26-78-59-54(69)53(68)52(67)50(33-64)80-59/h12-14,17-18,28,34,36-38,40,42-44,46-55,59,64,66-69,74H,8,15-16,19-27,29-33H2,1-7,9-11H3,(H,62,73)/b14-12+,17-13+,35-18+,39-28+/t34-,36-,37-,38-,40-,42+,43?,44+,46-,47+,48?,49-,50?,51-,52?,53?,54?,55+,59?,61?/m1/s1/i9D3. The summed E-state index contributed by atoms with van der Waals surface area (Å²) in [6, 6.07) is -1.27. The molecule has 82 heavy (non-hydrogen) atoms. The molecule has 0 aromatic rings. The quantitative estimate of drug-likeness (QED) is 0.0602. The summed E-state index contributed by atoms with van der Waals surface area (Å²) in [5, 5.41) is 66.3. The maximum absolute atomic E-state index is 14.7. The predicted octanol–water partition coefficient (Wildman–Crippen LogP) is 4.72. The summed E-state index contributed by atoms with van der Waals surface area (Å²) in [7, 11) is 0.163. The van der Waals surface area contributed by atoms with Gasteiger partial charge < -0.3 is 78.8 Å². The summed E-state index contributed by atoms with van der Waals surface area (Å²) in [5.41, 5.74) is 1.65. The molecule has 5 aliphatic rings. The van der Waals surface area contributed by atoms with Crippen molar-refractivity contribution in [3.63, 3.8) is 0 Å². The molecule has 0 aromatic carbocycles. The smallest absolute Gasteiger partial charge is 0.407 e. The van der Waals surface area contributed by atoms with E-state index >= 15 is 0 Å². The first kappa shape index (κ1) is 63.8. The number of fused-ring (bicyclic) bond motifs is 3. The summed E-state index contributed by atoms with van der Waals surface area (Å²) in [6.45, 7) is 16.0. The Morgan fingerprint density at radius 1 is 0.902 bits per heavy atom. The molecule has 5 rings (SSSR count). The van der Waals surface area contributed by atoms with Crippen LogP contribution in [0.3, 0.4) is 0 Å². The minimum atomic E-state index is -2.81. The number of aliphatic hydroxyl groups excluding tert-OH is 5. The second kappa shape index (κ2) is 32.3. The number of nitrogens with zero attached hydrogens (tertiary/aromatic N) is 1. The van der Waals surface area contributed by atoms with Crippen molar-refractivity contribution in [1.29, 1.82) is 0 Å². The Bertz CT molecular complexity index is 2370. The number of allylic oxidation sites excluding steroid dienone is 6. The van der Waals surface area contributed by atoms with Crippen molar-refractivity contribution in [2.75, 3.05) is 47.6 Å². The van der Waals surface area contributed by atoms with Crippen molar-refractivity contribution in [1.82, 2.24) is 10.2 Å². The molecule has 4 heterocycles. The minimum Gasteiger partial charge on any atom is -0.460 e. The van der Waals surface area contributed by atoms with E-state index in [1.54, 1.807) is 52.0 Å². The van der Waals surface area contributed by atoms with Gasteiger partial charge in [0.05, 0.1) is 35.6 Å². The number of alkyl carbamates (subject to hydrolysis) is 1. The maximum Gasteiger partial charge on any atom is 0.407 e. The van der Waals surface area contributed by atoms with Crippen LogP contribution in [0.5, 0.6) is 0 Å². The third-order valence-corrected chi connectivity index (χ3v) is 17.3. The van der Waals surface area contributed by atoms with Gasteiger partial charge in [0.2, 0.25) is 5.79 Å². The number of carbonyl (C=O) groups is 5. The molecule has 3 saturated heterocycles. The van der Waals surface area contributed by atoms with Crippen molar-refractivity contribution >= 4 is 29.5 Å². The molecule has 8 unspecified atom stereocenters. The molecule has 0 spiro atoms. The van der Waals surface area contributed by atoms with E-state index in [0.717, 1.165) is 4.90 Å². The van der Waals surface area contributed by atoms with Gasteiger partial charge in [-0.25, -0.2) is 9.59 Å². The number of ether oxygens (including phenoxy) is 8. The maximum atomic E-state index is 14.7. The van der Waals surface area contributed by atoms with Gasteiger partial charge in [0.1, 0.15) is 60.7 Å². The first-order chi connectivity index (χ1) is 40.0. The van der Waals surface area contributed by atoms with E-state index in [1.807, 2.05) is 32.9 Å². The van der Waals surface area contributed by atoms with E-state index in [9.17, 15) is 54.6 Å². The lowest BCUT2D eigenvalue weighted by molar-refractivity contribution is -0.300. The van der Waals surface area contributed by atoms with Gasteiger partial charge in [0.25, 0.3) is 11.7 Å². The number of carbonyl (C=O) groups excluding carboxylic acids is 5. The van der Waals surface area contributed by atoms with Gasteiger partial charge in [0, 0.05) is 59.0 Å². The summed E-state index contributed by atoms with van der Waals surface area (Å²) < 4.78 is 70.1. The number of nitrogens with one attached hydrogen (secondary N) is 1. The van der Waals surface area contributed by atoms with Crippen LogP contribution in [-0.4, -0.2) is 198 Å². The van der Waals surface area contributed by atoms with Gasteiger partial charge in [-0.05, 0) is 118 Å². The highest BCUT2D eigenvalue weighted by molar-refractivity contribution is 6.39. The molecule has 20 atom stereocenters. The summed E-state index contributed by atoms with van der Waals surface area (Å²) >= 11 is 0. The van der Waals surface area contributed by atoms with Gasteiger partial charge in [-0.3, -0.25) is 14.4 Å². The van der Waals surface area contributed by atoms with Crippen LogP contribution in [0.15, 0.2) is 59.8 Å². The summed E-state index contributed by atoms with van der Waals surface area (Å²) in [5.74, 6) is -8.48. The van der Waals surface area contributed by atoms with E-state index in [4.69, 9.17) is 42.0 Å². The van der Waals surface area contributed by atoms with Crippen molar-refractivity contribution in [3.05, 3.63) is 59.8 Å². The van der Waals surface area contributed by atoms with Crippen LogP contribution in [0.25, 0.3) is 0 Å². The molecule has 2 bridgehead atoms. The number of rotatable bonds is 12. The number of Topliss-reactive ketones (excluding diaryl/α,β-unsaturated/α-hetero) is 2. The number of methoxy groups -OCH3 is 3. The van der Waals surface area contributed by atoms with Crippen molar-refractivity contribution in [3.8, 4) is 0 Å². The molecule has 0 radical (unpaired) electrons. The molecular weight excluding hydrogens is 1060 g/mol. The topological polar surface area (TPSA) is 296 Å². The Morgan fingerprint density at radius 3 is 2.34 bits per heavy atom. The summed E-state index contributed by atoms with van der Waals surface area (Å²) in [6.07, 6.45) is 0.159. The first-order valence-electron chi connectivity index (χ1n) is 30.7. The van der Waals surface area contributed by atoms with Crippen LogP contribution >= 0.6 is 0 Å². The number of hydrogen-bond acceptors (Lipinski definition) is 19. The number of cyclic esters (lactones) is 1. The fourth-order valence-electron chi connectivity index (χ4n) is 11.9. The first-order valence-corrected chi connectivity index (χ1v) is 29.2. The Hall–Kier alpha value is -4.23. The van der Waals surface area contributed by atoms with Crippen LogP contribution in [0, 0.1) is 35.5 Å². The zero-order chi connectivity index (χ0) is 63.1. The van der Waals surface area contributed by atoms with E-state index < -0.39 is 140 Å². The number of aliphatic hydroxyl groups is 6. The molecule has 21 nitrogen and oxygen atoms in total. The second-order valence-electron chi connectivity index (χ2n) is 23.5. The third kappa shape index (κ3) is 18.1. The van der Waals surface area contributed by atoms with Crippen LogP contribution in [0.2, 0.25) is 0 Å². The second-order valence-corrected chi connectivity index (χ2v) is 23.5. The molecule has 7 N–H and O–H groups in total. The van der Waals surface area contributed by atoms with E-state index in [1.165, 1.54) is 14.2 Å². The van der Waals surface area contributed by atoms with Crippen LogP contribution in [0.1, 0.15) is 130 Å².